The van der Waals surface area contributed by atoms with Gasteiger partial charge in [-0.1, -0.05) is 23.2 Å². The maximum atomic E-state index is 12.2. The van der Waals surface area contributed by atoms with Crippen LogP contribution in [0, 0.1) is 0 Å². The molecule has 3 aromatic carbocycles. The minimum absolute atomic E-state index is 0.0127. The first kappa shape index (κ1) is 28.6. The van der Waals surface area contributed by atoms with Crippen molar-refractivity contribution in [3.8, 4) is 23.0 Å². The number of carbonyl (C=O) groups excluding carboxylic acids is 3. The number of rotatable bonds is 12. The minimum atomic E-state index is -0.586. The maximum absolute atomic E-state index is 12.2. The lowest BCUT2D eigenvalue weighted by atomic mass is 10.2. The van der Waals surface area contributed by atoms with Crippen LogP contribution in [0.1, 0.15) is 19.3 Å². The second kappa shape index (κ2) is 14.1. The lowest BCUT2D eigenvalue weighted by molar-refractivity contribution is -0.147. The number of nitrogens with one attached hydrogen (secondary N) is 2. The van der Waals surface area contributed by atoms with Gasteiger partial charge in [0, 0.05) is 29.6 Å². The Labute approximate surface area is 229 Å². The van der Waals surface area contributed by atoms with Crippen LogP contribution in [0.3, 0.4) is 0 Å². The zero-order valence-corrected chi connectivity index (χ0v) is 22.2. The number of benzene rings is 3. The average Bonchev–Trinajstić information content (AvgIpc) is 2.90. The van der Waals surface area contributed by atoms with Gasteiger partial charge < -0.3 is 29.6 Å². The molecule has 2 N–H and O–H groups in total. The molecular formula is C27H26Cl2N2O7. The van der Waals surface area contributed by atoms with Crippen LogP contribution in [0.15, 0.2) is 60.7 Å². The van der Waals surface area contributed by atoms with Crippen molar-refractivity contribution >= 4 is 52.4 Å². The zero-order chi connectivity index (χ0) is 27.5. The molecule has 0 spiro atoms. The van der Waals surface area contributed by atoms with Crippen LogP contribution in [0.4, 0.5) is 11.4 Å². The summed E-state index contributed by atoms with van der Waals surface area (Å²) in [5.41, 5.74) is 0.983. The van der Waals surface area contributed by atoms with Crippen LogP contribution in [0.2, 0.25) is 10.0 Å². The van der Waals surface area contributed by atoms with Crippen molar-refractivity contribution < 1.29 is 33.3 Å². The number of ether oxygens (including phenoxy) is 4. The second-order valence-corrected chi connectivity index (χ2v) is 8.72. The van der Waals surface area contributed by atoms with Gasteiger partial charge in [0.05, 0.1) is 24.9 Å². The SMILES string of the molecule is COc1ccc(NC(=O)COC(=O)CCCC(=O)Nc2ccc(Oc3ccc(Cl)cc3Cl)cc2)c(OC)c1. The highest BCUT2D eigenvalue weighted by atomic mass is 35.5. The first-order valence-electron chi connectivity index (χ1n) is 11.5. The van der Waals surface area contributed by atoms with Gasteiger partial charge >= 0.3 is 5.97 Å². The molecule has 0 bridgehead atoms. The van der Waals surface area contributed by atoms with Crippen LogP contribution in [-0.2, 0) is 19.1 Å². The van der Waals surface area contributed by atoms with Crippen LogP contribution in [0.25, 0.3) is 0 Å². The van der Waals surface area contributed by atoms with E-state index in [0.717, 1.165) is 0 Å². The Balaban J connectivity index is 1.36. The van der Waals surface area contributed by atoms with Crippen molar-refractivity contribution in [3.63, 3.8) is 0 Å². The van der Waals surface area contributed by atoms with Crippen molar-refractivity contribution in [2.75, 3.05) is 31.5 Å². The second-order valence-electron chi connectivity index (χ2n) is 7.88. The molecule has 0 radical (unpaired) electrons. The molecule has 0 saturated carbocycles. The maximum Gasteiger partial charge on any atom is 0.306 e. The summed E-state index contributed by atoms with van der Waals surface area (Å²) in [6.07, 6.45) is 0.346. The minimum Gasteiger partial charge on any atom is -0.497 e. The number of halogens is 2. The van der Waals surface area contributed by atoms with Crippen molar-refractivity contribution in [3.05, 3.63) is 70.7 Å². The molecule has 0 aliphatic rings. The summed E-state index contributed by atoms with van der Waals surface area (Å²) in [4.78, 5) is 36.3. The summed E-state index contributed by atoms with van der Waals surface area (Å²) in [6, 6.07) is 16.5. The average molecular weight is 561 g/mol. The Kier molecular flexibility index (Phi) is 10.6. The Morgan fingerprint density at radius 1 is 0.763 bits per heavy atom. The molecule has 3 aromatic rings. The lowest BCUT2D eigenvalue weighted by Gasteiger charge is -2.12. The van der Waals surface area contributed by atoms with Crippen LogP contribution < -0.4 is 24.8 Å². The number of methoxy groups -OCH3 is 2. The predicted octanol–water partition coefficient (Wildman–Crippen LogP) is 6.09. The van der Waals surface area contributed by atoms with E-state index in [4.69, 9.17) is 42.1 Å². The van der Waals surface area contributed by atoms with Gasteiger partial charge in [0.15, 0.2) is 6.61 Å². The van der Waals surface area contributed by atoms with E-state index >= 15 is 0 Å². The molecule has 3 rings (SSSR count). The normalized spacial score (nSPS) is 10.3. The van der Waals surface area contributed by atoms with Gasteiger partial charge in [-0.05, 0) is 61.0 Å². The third-order valence-corrected chi connectivity index (χ3v) is 5.62. The Hall–Kier alpha value is -3.95. The van der Waals surface area contributed by atoms with Crippen LogP contribution >= 0.6 is 23.2 Å². The quantitative estimate of drug-likeness (QED) is 0.257. The number of hydrogen-bond donors (Lipinski definition) is 2. The number of amides is 2. The van der Waals surface area contributed by atoms with E-state index in [2.05, 4.69) is 10.6 Å². The lowest BCUT2D eigenvalue weighted by Crippen LogP contribution is -2.21. The Morgan fingerprint density at radius 3 is 2.18 bits per heavy atom. The fourth-order valence-corrected chi connectivity index (χ4v) is 3.66. The standard InChI is InChI=1S/C27H26Cl2N2O7/c1-35-20-11-12-22(24(15-20)36-2)31-26(33)16-37-27(34)5-3-4-25(32)30-18-7-9-19(10-8-18)38-23-13-6-17(28)14-21(23)29/h6-15H,3-5,16H2,1-2H3,(H,30,32)(H,31,33). The zero-order valence-electron chi connectivity index (χ0n) is 20.7. The number of carbonyl (C=O) groups is 3. The fourth-order valence-electron chi connectivity index (χ4n) is 3.21. The molecule has 0 aromatic heterocycles. The molecule has 200 valence electrons. The van der Waals surface area contributed by atoms with Gasteiger partial charge in [0.1, 0.15) is 23.0 Å². The molecule has 0 heterocycles. The summed E-state index contributed by atoms with van der Waals surface area (Å²) in [5, 5.41) is 6.24. The topological polar surface area (TPSA) is 112 Å². The predicted molar refractivity (Wildman–Crippen MR) is 145 cm³/mol. The van der Waals surface area contributed by atoms with Crippen molar-refractivity contribution in [1.82, 2.24) is 0 Å². The molecule has 2 amide bonds. The molecule has 38 heavy (non-hydrogen) atoms. The highest BCUT2D eigenvalue weighted by Gasteiger charge is 2.12. The van der Waals surface area contributed by atoms with Crippen molar-refractivity contribution in [2.24, 2.45) is 0 Å². The van der Waals surface area contributed by atoms with E-state index in [1.807, 2.05) is 0 Å². The van der Waals surface area contributed by atoms with E-state index in [1.165, 1.54) is 14.2 Å². The number of esters is 1. The molecular weight excluding hydrogens is 535 g/mol. The molecule has 11 heteroatoms. The summed E-state index contributed by atoms with van der Waals surface area (Å²) < 4.78 is 21.0. The van der Waals surface area contributed by atoms with Crippen LogP contribution in [0.5, 0.6) is 23.0 Å². The summed E-state index contributed by atoms with van der Waals surface area (Å²) in [7, 11) is 2.98. The van der Waals surface area contributed by atoms with Crippen molar-refractivity contribution in [2.45, 2.75) is 19.3 Å². The van der Waals surface area contributed by atoms with E-state index in [-0.39, 0.29) is 25.2 Å². The van der Waals surface area contributed by atoms with Crippen molar-refractivity contribution in [1.29, 1.82) is 0 Å². The van der Waals surface area contributed by atoms with Gasteiger partial charge in [-0.2, -0.15) is 0 Å². The highest BCUT2D eigenvalue weighted by molar-refractivity contribution is 6.35. The van der Waals surface area contributed by atoms with E-state index in [9.17, 15) is 14.4 Å². The third-order valence-electron chi connectivity index (χ3n) is 5.09. The van der Waals surface area contributed by atoms with E-state index < -0.39 is 18.5 Å². The van der Waals surface area contributed by atoms with Crippen LogP contribution in [-0.4, -0.2) is 38.6 Å². The van der Waals surface area contributed by atoms with Gasteiger partial charge in [-0.15, -0.1) is 0 Å². The summed E-state index contributed by atoms with van der Waals surface area (Å²) >= 11 is 12.0. The van der Waals surface area contributed by atoms with Gasteiger partial charge in [-0.3, -0.25) is 14.4 Å². The monoisotopic (exact) mass is 560 g/mol. The molecule has 0 aliphatic carbocycles. The Morgan fingerprint density at radius 2 is 1.50 bits per heavy atom. The fraction of sp³-hybridized carbons (Fsp3) is 0.222. The summed E-state index contributed by atoms with van der Waals surface area (Å²) in [5.74, 6) is 0.588. The van der Waals surface area contributed by atoms with Gasteiger partial charge in [0.25, 0.3) is 5.91 Å². The highest BCUT2D eigenvalue weighted by Crippen LogP contribution is 2.32. The third kappa shape index (κ3) is 8.86. The van der Waals surface area contributed by atoms with E-state index in [1.54, 1.807) is 60.7 Å². The number of hydrogen-bond acceptors (Lipinski definition) is 7. The number of anilines is 2. The van der Waals surface area contributed by atoms with E-state index in [0.29, 0.717) is 44.4 Å². The summed E-state index contributed by atoms with van der Waals surface area (Å²) in [6.45, 7) is -0.462. The smallest absolute Gasteiger partial charge is 0.306 e. The molecule has 0 aliphatic heterocycles. The molecule has 0 unspecified atom stereocenters. The largest absolute Gasteiger partial charge is 0.497 e. The van der Waals surface area contributed by atoms with Gasteiger partial charge in [0.2, 0.25) is 5.91 Å². The Bertz CT molecular complexity index is 1280. The first-order chi connectivity index (χ1) is 18.3. The molecule has 0 atom stereocenters. The first-order valence-corrected chi connectivity index (χ1v) is 12.2. The molecule has 0 fully saturated rings. The molecule has 0 saturated heterocycles. The van der Waals surface area contributed by atoms with Gasteiger partial charge in [-0.25, -0.2) is 0 Å². The molecule has 9 nitrogen and oxygen atoms in total.